The molecule has 0 saturated carbocycles. The van der Waals surface area contributed by atoms with Crippen LogP contribution in [0.4, 0.5) is 4.79 Å². The molecule has 0 heterocycles. The fourth-order valence-electron chi connectivity index (χ4n) is 2.46. The van der Waals surface area contributed by atoms with Gasteiger partial charge in [-0.05, 0) is 30.0 Å². The average molecular weight is 284 g/mol. The van der Waals surface area contributed by atoms with Crippen LogP contribution in [0.1, 0.15) is 31.7 Å². The van der Waals surface area contributed by atoms with Crippen molar-refractivity contribution in [3.63, 3.8) is 0 Å². The Morgan fingerprint density at radius 3 is 2.48 bits per heavy atom. The Balaban J connectivity index is 2.42. The van der Waals surface area contributed by atoms with Crippen molar-refractivity contribution in [1.82, 2.24) is 0 Å². The third-order valence-corrected chi connectivity index (χ3v) is 3.42. The predicted octanol–water partition coefficient (Wildman–Crippen LogP) is 5.14. The van der Waals surface area contributed by atoms with Gasteiger partial charge in [0.05, 0.1) is 0 Å². The second-order valence-electron chi connectivity index (χ2n) is 4.98. The number of hydrogen-bond donors (Lipinski definition) is 1. The molecule has 0 aliphatic heterocycles. The van der Waals surface area contributed by atoms with Crippen LogP contribution in [0.15, 0.2) is 48.5 Å². The molecule has 0 aromatic heterocycles. The number of hydrogen-bond acceptors (Lipinski definition) is 2. The molecule has 0 atom stereocenters. The second-order valence-corrected chi connectivity index (χ2v) is 4.98. The highest BCUT2D eigenvalue weighted by Crippen LogP contribution is 2.34. The summed E-state index contributed by atoms with van der Waals surface area (Å²) < 4.78 is 4.96. The molecule has 0 fully saturated rings. The van der Waals surface area contributed by atoms with Gasteiger partial charge in [-0.3, -0.25) is 0 Å². The molecule has 0 aliphatic carbocycles. The number of aryl methyl sites for hydroxylation is 1. The van der Waals surface area contributed by atoms with Crippen molar-refractivity contribution >= 4 is 6.16 Å². The Labute approximate surface area is 125 Å². The maximum absolute atomic E-state index is 10.9. The minimum absolute atomic E-state index is 0.405. The normalized spacial score (nSPS) is 10.3. The molecule has 0 aliphatic rings. The van der Waals surface area contributed by atoms with Crippen LogP contribution >= 0.6 is 0 Å². The van der Waals surface area contributed by atoms with Gasteiger partial charge in [0, 0.05) is 5.56 Å². The number of unbranched alkanes of at least 4 members (excludes halogenated alkanes) is 2. The molecule has 2 rings (SSSR count). The molecular weight excluding hydrogens is 264 g/mol. The third-order valence-electron chi connectivity index (χ3n) is 3.42. The van der Waals surface area contributed by atoms with E-state index in [0.717, 1.165) is 42.4 Å². The first kappa shape index (κ1) is 15.1. The molecular formula is C18H20O3. The van der Waals surface area contributed by atoms with Gasteiger partial charge >= 0.3 is 6.16 Å². The molecule has 2 aromatic rings. The first-order chi connectivity index (χ1) is 10.2. The minimum atomic E-state index is -1.28. The summed E-state index contributed by atoms with van der Waals surface area (Å²) >= 11 is 0. The molecule has 21 heavy (non-hydrogen) atoms. The van der Waals surface area contributed by atoms with Crippen LogP contribution in [0.5, 0.6) is 5.75 Å². The summed E-state index contributed by atoms with van der Waals surface area (Å²) in [6.07, 6.45) is 3.06. The van der Waals surface area contributed by atoms with Crippen molar-refractivity contribution in [3.8, 4) is 16.9 Å². The molecule has 1 N–H and O–H groups in total. The van der Waals surface area contributed by atoms with Crippen LogP contribution in [-0.2, 0) is 6.42 Å². The van der Waals surface area contributed by atoms with E-state index in [-0.39, 0.29) is 0 Å². The zero-order valence-corrected chi connectivity index (χ0v) is 12.2. The van der Waals surface area contributed by atoms with E-state index < -0.39 is 6.16 Å². The lowest BCUT2D eigenvalue weighted by Gasteiger charge is -2.14. The molecule has 110 valence electrons. The van der Waals surface area contributed by atoms with E-state index in [1.165, 1.54) is 0 Å². The van der Waals surface area contributed by atoms with Gasteiger partial charge in [0.15, 0.2) is 0 Å². The highest BCUT2D eigenvalue weighted by molar-refractivity contribution is 5.77. The minimum Gasteiger partial charge on any atom is -0.449 e. The molecule has 0 saturated heterocycles. The van der Waals surface area contributed by atoms with E-state index >= 15 is 0 Å². The van der Waals surface area contributed by atoms with Gasteiger partial charge < -0.3 is 9.84 Å². The van der Waals surface area contributed by atoms with Gasteiger partial charge in [-0.15, -0.1) is 0 Å². The van der Waals surface area contributed by atoms with E-state index in [4.69, 9.17) is 9.84 Å². The molecule has 3 heteroatoms. The molecule has 2 aromatic carbocycles. The summed E-state index contributed by atoms with van der Waals surface area (Å²) in [5, 5.41) is 8.92. The predicted molar refractivity (Wildman–Crippen MR) is 83.8 cm³/mol. The van der Waals surface area contributed by atoms with Gasteiger partial charge in [-0.2, -0.15) is 0 Å². The number of carboxylic acid groups (broad SMARTS) is 1. The average Bonchev–Trinajstić information content (AvgIpc) is 2.48. The molecule has 0 bridgehead atoms. The van der Waals surface area contributed by atoms with E-state index in [1.54, 1.807) is 6.07 Å². The summed E-state index contributed by atoms with van der Waals surface area (Å²) in [6, 6.07) is 15.4. The lowest BCUT2D eigenvalue weighted by atomic mass is 9.95. The van der Waals surface area contributed by atoms with Gasteiger partial charge in [0.25, 0.3) is 0 Å². The topological polar surface area (TPSA) is 46.5 Å². The van der Waals surface area contributed by atoms with Crippen molar-refractivity contribution in [2.75, 3.05) is 0 Å². The van der Waals surface area contributed by atoms with Crippen molar-refractivity contribution < 1.29 is 14.6 Å². The van der Waals surface area contributed by atoms with E-state index in [0.29, 0.717) is 5.75 Å². The number of carbonyl (C=O) groups is 1. The van der Waals surface area contributed by atoms with E-state index in [1.807, 2.05) is 42.5 Å². The van der Waals surface area contributed by atoms with Crippen LogP contribution in [0.3, 0.4) is 0 Å². The lowest BCUT2D eigenvalue weighted by molar-refractivity contribution is 0.144. The summed E-state index contributed by atoms with van der Waals surface area (Å²) in [5.74, 6) is 0.405. The Morgan fingerprint density at radius 2 is 1.81 bits per heavy atom. The zero-order valence-electron chi connectivity index (χ0n) is 12.2. The Kier molecular flexibility index (Phi) is 5.38. The maximum Gasteiger partial charge on any atom is 0.511 e. The maximum atomic E-state index is 10.9. The van der Waals surface area contributed by atoms with Crippen LogP contribution in [0.2, 0.25) is 0 Å². The zero-order chi connectivity index (χ0) is 15.1. The highest BCUT2D eigenvalue weighted by atomic mass is 16.7. The highest BCUT2D eigenvalue weighted by Gasteiger charge is 2.14. The van der Waals surface area contributed by atoms with Crippen molar-refractivity contribution in [3.05, 3.63) is 54.1 Å². The number of benzene rings is 2. The van der Waals surface area contributed by atoms with Crippen molar-refractivity contribution in [1.29, 1.82) is 0 Å². The largest absolute Gasteiger partial charge is 0.511 e. The lowest BCUT2D eigenvalue weighted by Crippen LogP contribution is -2.05. The van der Waals surface area contributed by atoms with Crippen LogP contribution < -0.4 is 4.74 Å². The standard InChI is InChI=1S/C18H20O3/c1-2-3-5-9-15-12-8-13-16(21-18(19)20)17(15)14-10-6-4-7-11-14/h4,6-8,10-13H,2-3,5,9H2,1H3,(H,19,20). The third kappa shape index (κ3) is 4.09. The van der Waals surface area contributed by atoms with Crippen LogP contribution in [0, 0.1) is 0 Å². The van der Waals surface area contributed by atoms with Crippen LogP contribution in [0.25, 0.3) is 11.1 Å². The first-order valence-electron chi connectivity index (χ1n) is 7.30. The fraction of sp³-hybridized carbons (Fsp3) is 0.278. The summed E-state index contributed by atoms with van der Waals surface area (Å²) in [5.41, 5.74) is 3.01. The Morgan fingerprint density at radius 1 is 1.05 bits per heavy atom. The first-order valence-corrected chi connectivity index (χ1v) is 7.30. The number of rotatable bonds is 6. The number of ether oxygens (including phenoxy) is 1. The van der Waals surface area contributed by atoms with Crippen LogP contribution in [-0.4, -0.2) is 11.3 Å². The molecule has 0 spiro atoms. The van der Waals surface area contributed by atoms with Gasteiger partial charge in [0.1, 0.15) is 5.75 Å². The smallest absolute Gasteiger partial charge is 0.449 e. The molecule has 3 nitrogen and oxygen atoms in total. The summed E-state index contributed by atoms with van der Waals surface area (Å²) in [6.45, 7) is 2.17. The fourth-order valence-corrected chi connectivity index (χ4v) is 2.46. The van der Waals surface area contributed by atoms with Gasteiger partial charge in [-0.25, -0.2) is 4.79 Å². The van der Waals surface area contributed by atoms with Crippen molar-refractivity contribution in [2.45, 2.75) is 32.6 Å². The SMILES string of the molecule is CCCCCc1cccc(OC(=O)O)c1-c1ccccc1. The van der Waals surface area contributed by atoms with E-state index in [2.05, 4.69) is 6.92 Å². The molecule has 0 amide bonds. The Bertz CT molecular complexity index is 591. The molecule has 0 radical (unpaired) electrons. The van der Waals surface area contributed by atoms with Crippen molar-refractivity contribution in [2.24, 2.45) is 0 Å². The van der Waals surface area contributed by atoms with Gasteiger partial charge in [0.2, 0.25) is 0 Å². The molecule has 0 unspecified atom stereocenters. The van der Waals surface area contributed by atoms with Gasteiger partial charge in [-0.1, -0.05) is 62.2 Å². The van der Waals surface area contributed by atoms with E-state index in [9.17, 15) is 4.79 Å². The summed E-state index contributed by atoms with van der Waals surface area (Å²) in [7, 11) is 0. The quantitative estimate of drug-likeness (QED) is 0.453. The summed E-state index contributed by atoms with van der Waals surface area (Å²) in [4.78, 5) is 10.9. The second kappa shape index (κ2) is 7.48. The Hall–Kier alpha value is -2.29. The monoisotopic (exact) mass is 284 g/mol.